The molecule has 0 bridgehead atoms. The van der Waals surface area contributed by atoms with Gasteiger partial charge in [-0.1, -0.05) is 23.7 Å². The lowest BCUT2D eigenvalue weighted by atomic mass is 10.1. The normalized spacial score (nSPS) is 10.9. The number of hydrogen-bond acceptors (Lipinski definition) is 2. The number of allylic oxidation sites excluding steroid dienone is 1. The number of benzene rings is 1. The average molecular weight is 263 g/mol. The van der Waals surface area contributed by atoms with Crippen LogP contribution in [0.5, 0.6) is 0 Å². The van der Waals surface area contributed by atoms with Gasteiger partial charge in [-0.25, -0.2) is 0 Å². The van der Waals surface area contributed by atoms with Crippen LogP contribution in [-0.2, 0) is 0 Å². The summed E-state index contributed by atoms with van der Waals surface area (Å²) in [4.78, 5) is 14.2. The van der Waals surface area contributed by atoms with E-state index in [1.807, 2.05) is 37.3 Å². The molecule has 0 saturated heterocycles. The van der Waals surface area contributed by atoms with E-state index in [9.17, 15) is 4.79 Å². The Balaban J connectivity index is 2.17. The highest BCUT2D eigenvalue weighted by Gasteiger charge is 2.05. The number of aryl methyl sites for hydroxylation is 1. The lowest BCUT2D eigenvalue weighted by Crippen LogP contribution is -1.94. The number of carbonyl (C=O) groups excluding carboxylic acids is 1. The highest BCUT2D eigenvalue weighted by molar-refractivity contribution is 7.12. The number of thiophene rings is 1. The molecule has 0 amide bonds. The van der Waals surface area contributed by atoms with Crippen molar-refractivity contribution in [1.29, 1.82) is 0 Å². The molecule has 0 spiro atoms. The summed E-state index contributed by atoms with van der Waals surface area (Å²) in [5, 5.41) is 0.490. The van der Waals surface area contributed by atoms with Crippen molar-refractivity contribution >= 4 is 34.8 Å². The lowest BCUT2D eigenvalue weighted by Gasteiger charge is -1.97. The van der Waals surface area contributed by atoms with Crippen LogP contribution >= 0.6 is 22.9 Å². The van der Waals surface area contributed by atoms with Gasteiger partial charge in [-0.05, 0) is 43.3 Å². The number of rotatable bonds is 3. The van der Waals surface area contributed by atoms with Gasteiger partial charge in [-0.2, -0.15) is 0 Å². The molecule has 0 aliphatic rings. The molecular weight excluding hydrogens is 252 g/mol. The zero-order valence-corrected chi connectivity index (χ0v) is 10.9. The Labute approximate surface area is 109 Å². The van der Waals surface area contributed by atoms with Crippen molar-refractivity contribution in [2.75, 3.05) is 0 Å². The van der Waals surface area contributed by atoms with E-state index in [0.29, 0.717) is 10.6 Å². The first-order chi connectivity index (χ1) is 8.16. The molecule has 0 aliphatic heterocycles. The minimum Gasteiger partial charge on any atom is -0.289 e. The fraction of sp³-hybridized carbons (Fsp3) is 0.0714. The van der Waals surface area contributed by atoms with Gasteiger partial charge in [-0.15, -0.1) is 11.3 Å². The maximum absolute atomic E-state index is 11.9. The van der Waals surface area contributed by atoms with E-state index in [1.165, 1.54) is 4.88 Å². The molecule has 1 nitrogen and oxygen atoms in total. The summed E-state index contributed by atoms with van der Waals surface area (Å²) in [5.74, 6) is -0.0679. The summed E-state index contributed by atoms with van der Waals surface area (Å²) < 4.78 is 0. The zero-order chi connectivity index (χ0) is 12.3. The number of ketones is 1. The van der Waals surface area contributed by atoms with Crippen LogP contribution in [0.1, 0.15) is 20.1 Å². The maximum Gasteiger partial charge on any atom is 0.187 e. The molecule has 0 N–H and O–H groups in total. The molecule has 1 aromatic heterocycles. The fourth-order valence-corrected chi connectivity index (χ4v) is 2.46. The van der Waals surface area contributed by atoms with E-state index < -0.39 is 0 Å². The Morgan fingerprint density at radius 2 is 2.00 bits per heavy atom. The Bertz CT molecular complexity index is 569. The predicted molar refractivity (Wildman–Crippen MR) is 73.9 cm³/mol. The highest BCUT2D eigenvalue weighted by atomic mass is 35.5. The number of carbonyl (C=O) groups is 1. The van der Waals surface area contributed by atoms with Crippen LogP contribution in [0.25, 0.3) is 6.08 Å². The summed E-state index contributed by atoms with van der Waals surface area (Å²) in [6, 6.07) is 11.1. The quantitative estimate of drug-likeness (QED) is 0.583. The first kappa shape index (κ1) is 12.1. The van der Waals surface area contributed by atoms with E-state index >= 15 is 0 Å². The summed E-state index contributed by atoms with van der Waals surface area (Å²) in [6.07, 6.45) is 3.38. The second-order valence-electron chi connectivity index (χ2n) is 3.63. The van der Waals surface area contributed by atoms with Crippen molar-refractivity contribution in [3.8, 4) is 0 Å². The van der Waals surface area contributed by atoms with Crippen LogP contribution in [0, 0.1) is 6.92 Å². The summed E-state index contributed by atoms with van der Waals surface area (Å²) in [7, 11) is 0. The molecule has 1 heterocycles. The maximum atomic E-state index is 11.9. The van der Waals surface area contributed by atoms with E-state index in [1.54, 1.807) is 29.5 Å². The Morgan fingerprint density at radius 1 is 1.24 bits per heavy atom. The topological polar surface area (TPSA) is 17.1 Å². The third-order valence-corrected chi connectivity index (χ3v) is 3.59. The Morgan fingerprint density at radius 3 is 2.65 bits per heavy atom. The van der Waals surface area contributed by atoms with Crippen molar-refractivity contribution in [2.45, 2.75) is 6.92 Å². The van der Waals surface area contributed by atoms with Gasteiger partial charge in [0.05, 0.1) is 5.02 Å². The van der Waals surface area contributed by atoms with E-state index in [2.05, 4.69) is 0 Å². The molecule has 0 atom stereocenters. The van der Waals surface area contributed by atoms with Crippen LogP contribution in [0.2, 0.25) is 5.02 Å². The van der Waals surface area contributed by atoms with E-state index in [0.717, 1.165) is 4.88 Å². The molecule has 0 aliphatic carbocycles. The van der Waals surface area contributed by atoms with Crippen LogP contribution < -0.4 is 0 Å². The van der Waals surface area contributed by atoms with Gasteiger partial charge in [0.15, 0.2) is 5.78 Å². The second kappa shape index (κ2) is 5.30. The zero-order valence-electron chi connectivity index (χ0n) is 9.31. The summed E-state index contributed by atoms with van der Waals surface area (Å²) in [5.41, 5.74) is 0.540. The fourth-order valence-electron chi connectivity index (χ4n) is 1.45. The van der Waals surface area contributed by atoms with Gasteiger partial charge >= 0.3 is 0 Å². The minimum absolute atomic E-state index is 0.0679. The lowest BCUT2D eigenvalue weighted by molar-refractivity contribution is 0.104. The molecule has 1 aromatic carbocycles. The third-order valence-electron chi connectivity index (χ3n) is 2.30. The van der Waals surface area contributed by atoms with Gasteiger partial charge in [0.2, 0.25) is 0 Å². The van der Waals surface area contributed by atoms with Gasteiger partial charge in [0, 0.05) is 15.3 Å². The van der Waals surface area contributed by atoms with Gasteiger partial charge in [-0.3, -0.25) is 4.79 Å². The number of halogens is 1. The molecule has 2 rings (SSSR count). The van der Waals surface area contributed by atoms with Crippen molar-refractivity contribution in [2.24, 2.45) is 0 Å². The molecule has 0 fully saturated rings. The minimum atomic E-state index is -0.0679. The van der Waals surface area contributed by atoms with Gasteiger partial charge < -0.3 is 0 Å². The average Bonchev–Trinajstić information content (AvgIpc) is 2.73. The molecule has 86 valence electrons. The highest BCUT2D eigenvalue weighted by Crippen LogP contribution is 2.19. The van der Waals surface area contributed by atoms with Crippen LogP contribution in [0.15, 0.2) is 42.5 Å². The molecule has 17 heavy (non-hydrogen) atoms. The molecular formula is C14H11ClOS. The smallest absolute Gasteiger partial charge is 0.187 e. The van der Waals surface area contributed by atoms with Crippen molar-refractivity contribution in [3.05, 3.63) is 62.8 Å². The van der Waals surface area contributed by atoms with Crippen molar-refractivity contribution < 1.29 is 4.79 Å². The molecule has 2 aromatic rings. The van der Waals surface area contributed by atoms with Crippen molar-refractivity contribution in [3.63, 3.8) is 0 Å². The Hall–Kier alpha value is -1.38. The van der Waals surface area contributed by atoms with Crippen LogP contribution in [0.3, 0.4) is 0 Å². The molecule has 0 radical (unpaired) electrons. The standard InChI is InChI=1S/C14H11ClOS/c1-10-6-7-11(17-10)8-9-14(16)12-4-2-3-5-13(12)15/h2-9H,1H3/b9-8+. The Kier molecular flexibility index (Phi) is 3.77. The van der Waals surface area contributed by atoms with E-state index in [-0.39, 0.29) is 5.78 Å². The van der Waals surface area contributed by atoms with Gasteiger partial charge in [0.1, 0.15) is 0 Å². The second-order valence-corrected chi connectivity index (χ2v) is 5.35. The third kappa shape index (κ3) is 3.05. The first-order valence-electron chi connectivity index (χ1n) is 5.20. The molecule has 3 heteroatoms. The summed E-state index contributed by atoms with van der Waals surface area (Å²) in [6.45, 7) is 2.04. The van der Waals surface area contributed by atoms with E-state index in [4.69, 9.17) is 11.6 Å². The first-order valence-corrected chi connectivity index (χ1v) is 6.39. The SMILES string of the molecule is Cc1ccc(/C=C/C(=O)c2ccccc2Cl)s1. The summed E-state index contributed by atoms with van der Waals surface area (Å²) >= 11 is 7.61. The van der Waals surface area contributed by atoms with Crippen LogP contribution in [-0.4, -0.2) is 5.78 Å². The predicted octanol–water partition coefficient (Wildman–Crippen LogP) is 4.61. The van der Waals surface area contributed by atoms with Gasteiger partial charge in [0.25, 0.3) is 0 Å². The number of hydrogen-bond donors (Lipinski definition) is 0. The largest absolute Gasteiger partial charge is 0.289 e. The van der Waals surface area contributed by atoms with Crippen molar-refractivity contribution in [1.82, 2.24) is 0 Å². The molecule has 0 unspecified atom stereocenters. The molecule has 0 saturated carbocycles. The monoisotopic (exact) mass is 262 g/mol. The van der Waals surface area contributed by atoms with Crippen LogP contribution in [0.4, 0.5) is 0 Å².